The monoisotopic (exact) mass is 734 g/mol. The topological polar surface area (TPSA) is 17.1 Å². The van der Waals surface area contributed by atoms with E-state index < -0.39 is 10.8 Å². The lowest BCUT2D eigenvalue weighted by Gasteiger charge is -2.30. The van der Waals surface area contributed by atoms with Crippen molar-refractivity contribution in [2.45, 2.75) is 10.8 Å². The summed E-state index contributed by atoms with van der Waals surface area (Å²) in [7, 11) is 0. The van der Waals surface area contributed by atoms with Gasteiger partial charge in [-0.05, 0) is 112 Å². The minimum Gasteiger partial charge on any atom is -0.289 e. The second kappa shape index (κ2) is 11.4. The molecule has 1 nitrogen and oxygen atoms in total. The number of ketones is 1. The molecule has 0 fully saturated rings. The van der Waals surface area contributed by atoms with Gasteiger partial charge in [0.05, 0.1) is 10.8 Å². The van der Waals surface area contributed by atoms with E-state index in [2.05, 4.69) is 188 Å². The molecule has 0 saturated heterocycles. The van der Waals surface area contributed by atoms with Gasteiger partial charge in [0.25, 0.3) is 0 Å². The number of fused-ring (bicyclic) bond motifs is 20. The van der Waals surface area contributed by atoms with E-state index >= 15 is 0 Å². The van der Waals surface area contributed by atoms with Gasteiger partial charge in [0.2, 0.25) is 0 Å². The van der Waals surface area contributed by atoms with Crippen LogP contribution in [0.15, 0.2) is 206 Å². The van der Waals surface area contributed by atoms with Gasteiger partial charge in [-0.2, -0.15) is 0 Å². The van der Waals surface area contributed by atoms with E-state index in [1.165, 1.54) is 89.0 Å². The van der Waals surface area contributed by atoms with Crippen LogP contribution in [0.3, 0.4) is 0 Å². The fraction of sp³-hybridized carbons (Fsp3) is 0.0351. The minimum atomic E-state index is -0.482. The maximum atomic E-state index is 14.5. The van der Waals surface area contributed by atoms with Gasteiger partial charge in [-0.1, -0.05) is 194 Å². The summed E-state index contributed by atoms with van der Waals surface area (Å²) in [6.45, 7) is 0. The van der Waals surface area contributed by atoms with Gasteiger partial charge in [-0.15, -0.1) is 0 Å². The summed E-state index contributed by atoms with van der Waals surface area (Å²) in [5.74, 6) is 0.0301. The number of benzene rings is 9. The van der Waals surface area contributed by atoms with Crippen LogP contribution in [0.5, 0.6) is 0 Å². The summed E-state index contributed by atoms with van der Waals surface area (Å²) in [5, 5.41) is 0. The zero-order chi connectivity index (χ0) is 38.2. The first kappa shape index (κ1) is 31.8. The van der Waals surface area contributed by atoms with Gasteiger partial charge in [-0.3, -0.25) is 4.79 Å². The molecular weight excluding hydrogens is 701 g/mol. The van der Waals surface area contributed by atoms with Crippen LogP contribution in [-0.4, -0.2) is 5.78 Å². The molecule has 268 valence electrons. The van der Waals surface area contributed by atoms with Crippen molar-refractivity contribution in [2.24, 2.45) is 0 Å². The molecule has 9 aromatic rings. The van der Waals surface area contributed by atoms with Gasteiger partial charge < -0.3 is 0 Å². The Balaban J connectivity index is 0.914. The first-order valence-electron chi connectivity index (χ1n) is 20.2. The van der Waals surface area contributed by atoms with Gasteiger partial charge in [0.15, 0.2) is 5.78 Å². The molecule has 9 aromatic carbocycles. The lowest BCUT2D eigenvalue weighted by atomic mass is 9.70. The first-order chi connectivity index (χ1) is 28.7. The number of hydrogen-bond acceptors (Lipinski definition) is 1. The van der Waals surface area contributed by atoms with Gasteiger partial charge >= 0.3 is 0 Å². The van der Waals surface area contributed by atoms with Crippen molar-refractivity contribution in [3.05, 3.63) is 262 Å². The summed E-state index contributed by atoms with van der Waals surface area (Å²) >= 11 is 0. The third-order valence-electron chi connectivity index (χ3n) is 13.7. The van der Waals surface area contributed by atoms with Crippen molar-refractivity contribution >= 4 is 5.78 Å². The van der Waals surface area contributed by atoms with Crippen LogP contribution in [0.2, 0.25) is 0 Å². The van der Waals surface area contributed by atoms with E-state index in [0.717, 1.165) is 11.1 Å². The van der Waals surface area contributed by atoms with Gasteiger partial charge in [-0.25, -0.2) is 0 Å². The Morgan fingerprint density at radius 2 is 0.552 bits per heavy atom. The summed E-state index contributed by atoms with van der Waals surface area (Å²) in [6, 6.07) is 74.7. The third kappa shape index (κ3) is 3.79. The molecule has 2 spiro atoms. The molecule has 0 N–H and O–H groups in total. The molecular formula is C57H34O. The summed E-state index contributed by atoms with van der Waals surface area (Å²) in [4.78, 5) is 14.5. The molecule has 0 aromatic heterocycles. The molecule has 0 unspecified atom stereocenters. The van der Waals surface area contributed by atoms with Crippen LogP contribution in [0, 0.1) is 0 Å². The van der Waals surface area contributed by atoms with E-state index in [1.807, 2.05) is 18.2 Å². The summed E-state index contributed by atoms with van der Waals surface area (Å²) < 4.78 is 0. The van der Waals surface area contributed by atoms with Crippen LogP contribution >= 0.6 is 0 Å². The fourth-order valence-corrected chi connectivity index (χ4v) is 11.5. The number of rotatable bonds is 3. The molecule has 13 rings (SSSR count). The van der Waals surface area contributed by atoms with Crippen molar-refractivity contribution in [2.75, 3.05) is 0 Å². The molecule has 0 radical (unpaired) electrons. The van der Waals surface area contributed by atoms with E-state index in [9.17, 15) is 4.79 Å². The Labute approximate surface area is 337 Å². The van der Waals surface area contributed by atoms with Crippen LogP contribution in [0.1, 0.15) is 60.4 Å². The Kier molecular flexibility index (Phi) is 6.24. The largest absolute Gasteiger partial charge is 0.289 e. The highest BCUT2D eigenvalue weighted by Crippen LogP contribution is 2.64. The second-order valence-electron chi connectivity index (χ2n) is 16.2. The molecule has 0 saturated carbocycles. The smallest absolute Gasteiger partial charge is 0.193 e. The lowest BCUT2D eigenvalue weighted by molar-refractivity contribution is 0.103. The predicted molar refractivity (Wildman–Crippen MR) is 234 cm³/mol. The Morgan fingerprint density at radius 1 is 0.259 bits per heavy atom. The standard InChI is InChI=1S/C57H34O/c58-55(38-30-32-46-44-18-6-12-24-52(44)57(54(46)34-38)49-21-9-3-15-41(49)42-16-4-10-22-50(42)57)36-27-25-35(26-28-36)37-29-31-45-43-17-5-11-23-51(43)56(53(45)33-37)47-19-7-1-13-39(47)40-14-2-8-20-48(40)56/h1-34H. The quantitative estimate of drug-likeness (QED) is 0.165. The number of carbonyl (C=O) groups is 1. The number of carbonyl (C=O) groups excluding carboxylic acids is 1. The Morgan fingerprint density at radius 3 is 0.948 bits per heavy atom. The highest BCUT2D eigenvalue weighted by molar-refractivity contribution is 6.10. The van der Waals surface area contributed by atoms with Crippen molar-refractivity contribution < 1.29 is 4.79 Å². The maximum absolute atomic E-state index is 14.5. The SMILES string of the molecule is O=C(c1ccc(-c2ccc3c(c2)C2(c4ccccc4-c4ccccc42)c2ccccc2-3)cc1)c1ccc2c(c1)C1(c3ccccc3-c3ccccc31)c1ccccc1-2. The highest BCUT2D eigenvalue weighted by atomic mass is 16.1. The first-order valence-corrected chi connectivity index (χ1v) is 20.2. The zero-order valence-corrected chi connectivity index (χ0v) is 31.5. The van der Waals surface area contributed by atoms with E-state index in [0.29, 0.717) is 11.1 Å². The van der Waals surface area contributed by atoms with Gasteiger partial charge in [0, 0.05) is 11.1 Å². The van der Waals surface area contributed by atoms with Crippen LogP contribution in [0.25, 0.3) is 55.6 Å². The molecule has 0 aliphatic heterocycles. The predicted octanol–water partition coefficient (Wildman–Crippen LogP) is 13.3. The van der Waals surface area contributed by atoms with Crippen LogP contribution in [-0.2, 0) is 10.8 Å². The molecule has 4 aliphatic rings. The minimum absolute atomic E-state index is 0.0301. The fourth-order valence-electron chi connectivity index (χ4n) is 11.5. The lowest BCUT2D eigenvalue weighted by Crippen LogP contribution is -2.26. The summed E-state index contributed by atoms with van der Waals surface area (Å²) in [5.41, 5.74) is 23.2. The zero-order valence-electron chi connectivity index (χ0n) is 31.5. The van der Waals surface area contributed by atoms with Crippen molar-refractivity contribution in [3.63, 3.8) is 0 Å². The van der Waals surface area contributed by atoms with E-state index in [1.54, 1.807) is 0 Å². The maximum Gasteiger partial charge on any atom is 0.193 e. The molecule has 0 heterocycles. The van der Waals surface area contributed by atoms with Gasteiger partial charge in [0.1, 0.15) is 0 Å². The van der Waals surface area contributed by atoms with Crippen molar-refractivity contribution in [1.82, 2.24) is 0 Å². The molecule has 58 heavy (non-hydrogen) atoms. The van der Waals surface area contributed by atoms with Crippen molar-refractivity contribution in [3.8, 4) is 55.6 Å². The molecule has 0 atom stereocenters. The van der Waals surface area contributed by atoms with Crippen LogP contribution < -0.4 is 0 Å². The Bertz CT molecular complexity index is 3130. The third-order valence-corrected chi connectivity index (χ3v) is 13.7. The average Bonchev–Trinajstić information content (AvgIpc) is 3.97. The second-order valence-corrected chi connectivity index (χ2v) is 16.2. The van der Waals surface area contributed by atoms with E-state index in [-0.39, 0.29) is 5.78 Å². The van der Waals surface area contributed by atoms with Crippen molar-refractivity contribution in [1.29, 1.82) is 0 Å². The normalized spacial score (nSPS) is 14.6. The summed E-state index contributed by atoms with van der Waals surface area (Å²) in [6.07, 6.45) is 0. The highest BCUT2D eigenvalue weighted by Gasteiger charge is 2.53. The average molecular weight is 735 g/mol. The number of hydrogen-bond donors (Lipinski definition) is 0. The molecule has 1 heteroatoms. The molecule has 0 bridgehead atoms. The molecule has 0 amide bonds. The Hall–Kier alpha value is -7.35. The van der Waals surface area contributed by atoms with E-state index in [4.69, 9.17) is 0 Å². The van der Waals surface area contributed by atoms with Crippen LogP contribution in [0.4, 0.5) is 0 Å². The molecule has 4 aliphatic carbocycles.